The van der Waals surface area contributed by atoms with Gasteiger partial charge < -0.3 is 9.84 Å². The van der Waals surface area contributed by atoms with Crippen LogP contribution in [0.1, 0.15) is 28.1 Å². The standard InChI is InChI=1S/C15H14N2O4S/c18-13(19)12-8-16-14(22-12)17(11-6-7-11)15(20)21-9-10-4-2-1-3-5-10/h1-5,8,11H,6-7,9H2,(H,18,19). The van der Waals surface area contributed by atoms with E-state index in [-0.39, 0.29) is 17.5 Å². The predicted molar refractivity (Wildman–Crippen MR) is 81.2 cm³/mol. The lowest BCUT2D eigenvalue weighted by molar-refractivity contribution is 0.0702. The molecule has 1 amide bonds. The second-order valence-electron chi connectivity index (χ2n) is 4.95. The van der Waals surface area contributed by atoms with Crippen molar-refractivity contribution in [2.45, 2.75) is 25.5 Å². The van der Waals surface area contributed by atoms with E-state index in [1.165, 1.54) is 11.1 Å². The molecule has 3 rings (SSSR count). The molecule has 2 aromatic rings. The summed E-state index contributed by atoms with van der Waals surface area (Å²) >= 11 is 0.982. The van der Waals surface area contributed by atoms with Crippen LogP contribution in [-0.4, -0.2) is 28.2 Å². The fraction of sp³-hybridized carbons (Fsp3) is 0.267. The van der Waals surface area contributed by atoms with E-state index in [4.69, 9.17) is 9.84 Å². The second-order valence-corrected chi connectivity index (χ2v) is 5.96. The molecule has 22 heavy (non-hydrogen) atoms. The number of hydrogen-bond donors (Lipinski definition) is 1. The van der Waals surface area contributed by atoms with Gasteiger partial charge in [-0.2, -0.15) is 0 Å². The van der Waals surface area contributed by atoms with Crippen molar-refractivity contribution in [3.05, 3.63) is 47.0 Å². The number of aromatic carboxylic acids is 1. The van der Waals surface area contributed by atoms with Crippen molar-refractivity contribution in [1.29, 1.82) is 0 Å². The minimum atomic E-state index is -1.04. The van der Waals surface area contributed by atoms with Gasteiger partial charge in [-0.3, -0.25) is 0 Å². The first-order valence-electron chi connectivity index (χ1n) is 6.84. The van der Waals surface area contributed by atoms with Crippen LogP contribution >= 0.6 is 11.3 Å². The van der Waals surface area contributed by atoms with Gasteiger partial charge in [0, 0.05) is 6.04 Å². The molecule has 1 fully saturated rings. The van der Waals surface area contributed by atoms with Crippen LogP contribution in [-0.2, 0) is 11.3 Å². The van der Waals surface area contributed by atoms with Gasteiger partial charge in [0.1, 0.15) is 11.5 Å². The van der Waals surface area contributed by atoms with Gasteiger partial charge in [-0.25, -0.2) is 19.5 Å². The summed E-state index contributed by atoms with van der Waals surface area (Å²) in [5.74, 6) is -1.04. The molecule has 0 unspecified atom stereocenters. The zero-order valence-electron chi connectivity index (χ0n) is 11.6. The van der Waals surface area contributed by atoms with Crippen LogP contribution in [0, 0.1) is 0 Å². The fourth-order valence-electron chi connectivity index (χ4n) is 1.98. The van der Waals surface area contributed by atoms with Gasteiger partial charge in [-0.05, 0) is 18.4 Å². The van der Waals surface area contributed by atoms with E-state index in [1.54, 1.807) is 0 Å². The van der Waals surface area contributed by atoms with E-state index in [0.29, 0.717) is 5.13 Å². The van der Waals surface area contributed by atoms with E-state index in [2.05, 4.69) is 4.98 Å². The van der Waals surface area contributed by atoms with Crippen molar-refractivity contribution in [2.24, 2.45) is 0 Å². The van der Waals surface area contributed by atoms with Crippen LogP contribution in [0.2, 0.25) is 0 Å². The summed E-state index contributed by atoms with van der Waals surface area (Å²) in [6.07, 6.45) is 2.53. The number of amides is 1. The lowest BCUT2D eigenvalue weighted by Gasteiger charge is -2.18. The number of carbonyl (C=O) groups excluding carboxylic acids is 1. The lowest BCUT2D eigenvalue weighted by atomic mass is 10.2. The zero-order valence-corrected chi connectivity index (χ0v) is 12.5. The van der Waals surface area contributed by atoms with Gasteiger partial charge in [0.15, 0.2) is 5.13 Å². The Hall–Kier alpha value is -2.41. The molecule has 1 aliphatic carbocycles. The van der Waals surface area contributed by atoms with Crippen molar-refractivity contribution in [3.63, 3.8) is 0 Å². The molecule has 0 bridgehead atoms. The third kappa shape index (κ3) is 3.25. The second kappa shape index (κ2) is 6.15. The van der Waals surface area contributed by atoms with E-state index >= 15 is 0 Å². The summed E-state index contributed by atoms with van der Waals surface area (Å²) in [5, 5.41) is 9.33. The van der Waals surface area contributed by atoms with Crippen LogP contribution in [0.25, 0.3) is 0 Å². The summed E-state index contributed by atoms with van der Waals surface area (Å²) < 4.78 is 5.32. The molecule has 0 saturated heterocycles. The molecule has 0 radical (unpaired) electrons. The molecular formula is C15H14N2O4S. The average molecular weight is 318 g/mol. The Balaban J connectivity index is 1.70. The van der Waals surface area contributed by atoms with Crippen molar-refractivity contribution in [2.75, 3.05) is 4.90 Å². The summed E-state index contributed by atoms with van der Waals surface area (Å²) in [6.45, 7) is 0.181. The highest BCUT2D eigenvalue weighted by Crippen LogP contribution is 2.34. The number of anilines is 1. The lowest BCUT2D eigenvalue weighted by Crippen LogP contribution is -2.33. The summed E-state index contributed by atoms with van der Waals surface area (Å²) in [7, 11) is 0. The number of ether oxygens (including phenoxy) is 1. The normalized spacial score (nSPS) is 13.6. The van der Waals surface area contributed by atoms with Crippen molar-refractivity contribution in [3.8, 4) is 0 Å². The Morgan fingerprint density at radius 3 is 2.64 bits per heavy atom. The van der Waals surface area contributed by atoms with Crippen LogP contribution in [0.5, 0.6) is 0 Å². The minimum Gasteiger partial charge on any atom is -0.477 e. The van der Waals surface area contributed by atoms with Crippen LogP contribution in [0.15, 0.2) is 36.5 Å². The summed E-state index contributed by atoms with van der Waals surface area (Å²) in [6, 6.07) is 9.45. The molecule has 114 valence electrons. The third-order valence-electron chi connectivity index (χ3n) is 3.22. The zero-order chi connectivity index (χ0) is 15.5. The maximum atomic E-state index is 12.3. The first kappa shape index (κ1) is 14.5. The molecule has 0 atom stereocenters. The Morgan fingerprint density at radius 1 is 1.32 bits per heavy atom. The SMILES string of the molecule is O=C(O)c1cnc(N(C(=O)OCc2ccccc2)C2CC2)s1. The Bertz CT molecular complexity index is 682. The Morgan fingerprint density at radius 2 is 2.05 bits per heavy atom. The van der Waals surface area contributed by atoms with E-state index in [9.17, 15) is 9.59 Å². The highest BCUT2D eigenvalue weighted by Gasteiger charge is 2.37. The molecule has 1 aromatic heterocycles. The number of carboxylic acids is 1. The average Bonchev–Trinajstić information content (AvgIpc) is 3.22. The minimum absolute atomic E-state index is 0.0519. The topological polar surface area (TPSA) is 79.7 Å². The highest BCUT2D eigenvalue weighted by atomic mass is 32.1. The molecule has 0 aliphatic heterocycles. The predicted octanol–water partition coefficient (Wildman–Crippen LogP) is 3.15. The van der Waals surface area contributed by atoms with Gasteiger partial charge >= 0.3 is 12.1 Å². The molecule has 1 aromatic carbocycles. The monoisotopic (exact) mass is 318 g/mol. The Labute approximate surface area is 131 Å². The summed E-state index contributed by atoms with van der Waals surface area (Å²) in [5.41, 5.74) is 0.900. The van der Waals surface area contributed by atoms with Gasteiger partial charge in [0.05, 0.1) is 6.20 Å². The summed E-state index contributed by atoms with van der Waals surface area (Å²) in [4.78, 5) is 28.8. The molecule has 1 N–H and O–H groups in total. The van der Waals surface area contributed by atoms with Crippen molar-refractivity contribution in [1.82, 2.24) is 4.98 Å². The first-order valence-corrected chi connectivity index (χ1v) is 7.66. The quantitative estimate of drug-likeness (QED) is 0.916. The van der Waals surface area contributed by atoms with Gasteiger partial charge in [0.25, 0.3) is 0 Å². The largest absolute Gasteiger partial charge is 0.477 e. The van der Waals surface area contributed by atoms with Crippen molar-refractivity contribution < 1.29 is 19.4 Å². The van der Waals surface area contributed by atoms with Gasteiger partial charge in [-0.15, -0.1) is 0 Å². The number of rotatable bonds is 5. The molecule has 1 heterocycles. The molecular weight excluding hydrogens is 304 g/mol. The van der Waals surface area contributed by atoms with E-state index < -0.39 is 12.1 Å². The van der Waals surface area contributed by atoms with Crippen LogP contribution in [0.3, 0.4) is 0 Å². The maximum Gasteiger partial charge on any atom is 0.416 e. The van der Waals surface area contributed by atoms with Crippen LogP contribution < -0.4 is 4.90 Å². The first-order chi connectivity index (χ1) is 10.6. The van der Waals surface area contributed by atoms with E-state index in [0.717, 1.165) is 29.7 Å². The number of benzene rings is 1. The number of aromatic nitrogens is 1. The van der Waals surface area contributed by atoms with Crippen molar-refractivity contribution >= 4 is 28.5 Å². The number of carbonyl (C=O) groups is 2. The van der Waals surface area contributed by atoms with Gasteiger partial charge in [0.2, 0.25) is 0 Å². The fourth-order valence-corrected chi connectivity index (χ4v) is 2.80. The number of hydrogen-bond acceptors (Lipinski definition) is 5. The number of thiazole rings is 1. The molecule has 0 spiro atoms. The third-order valence-corrected chi connectivity index (χ3v) is 4.21. The molecule has 1 saturated carbocycles. The molecule has 7 heteroatoms. The number of carboxylic acid groups (broad SMARTS) is 1. The maximum absolute atomic E-state index is 12.3. The smallest absolute Gasteiger partial charge is 0.416 e. The Kier molecular flexibility index (Phi) is 4.06. The van der Waals surface area contributed by atoms with Gasteiger partial charge in [-0.1, -0.05) is 41.7 Å². The van der Waals surface area contributed by atoms with Crippen LogP contribution in [0.4, 0.5) is 9.93 Å². The molecule has 1 aliphatic rings. The number of nitrogens with zero attached hydrogens (tertiary/aromatic N) is 2. The molecule has 6 nitrogen and oxygen atoms in total. The van der Waals surface area contributed by atoms with E-state index in [1.807, 2.05) is 30.3 Å². The highest BCUT2D eigenvalue weighted by molar-refractivity contribution is 7.17.